The number of nitrogens with one attached hydrogen (secondary N) is 2. The SMILES string of the molecule is CCOc1cccc(C(=O)NNC(=O)C(C)Oc2ccc(Cl)cc2Cl)c1. The lowest BCUT2D eigenvalue weighted by molar-refractivity contribution is -0.128. The molecule has 0 spiro atoms. The molecule has 0 radical (unpaired) electrons. The normalized spacial score (nSPS) is 11.4. The predicted molar refractivity (Wildman–Crippen MR) is 99.8 cm³/mol. The Morgan fingerprint density at radius 3 is 2.58 bits per heavy atom. The first-order valence-electron chi connectivity index (χ1n) is 7.85. The Labute approximate surface area is 161 Å². The fourth-order valence-electron chi connectivity index (χ4n) is 2.00. The predicted octanol–water partition coefficient (Wildman–Crippen LogP) is 3.62. The Morgan fingerprint density at radius 2 is 1.88 bits per heavy atom. The summed E-state index contributed by atoms with van der Waals surface area (Å²) in [4.78, 5) is 24.2. The standard InChI is InChI=1S/C18H18Cl2N2O4/c1-3-25-14-6-4-5-12(9-14)18(24)22-21-17(23)11(2)26-16-8-7-13(19)10-15(16)20/h4-11H,3H2,1-2H3,(H,21,23)(H,22,24). The van der Waals surface area contributed by atoms with Gasteiger partial charge in [0, 0.05) is 10.6 Å². The van der Waals surface area contributed by atoms with Gasteiger partial charge < -0.3 is 9.47 Å². The van der Waals surface area contributed by atoms with Crippen LogP contribution < -0.4 is 20.3 Å². The van der Waals surface area contributed by atoms with Crippen LogP contribution in [0.25, 0.3) is 0 Å². The average molecular weight is 397 g/mol. The largest absolute Gasteiger partial charge is 0.494 e. The lowest BCUT2D eigenvalue weighted by Crippen LogP contribution is -2.47. The van der Waals surface area contributed by atoms with Gasteiger partial charge in [-0.1, -0.05) is 29.3 Å². The average Bonchev–Trinajstić information content (AvgIpc) is 2.62. The molecule has 0 bridgehead atoms. The molecule has 26 heavy (non-hydrogen) atoms. The molecule has 0 fully saturated rings. The van der Waals surface area contributed by atoms with E-state index in [1.807, 2.05) is 6.92 Å². The molecule has 0 aliphatic carbocycles. The minimum absolute atomic E-state index is 0.286. The second-order valence-electron chi connectivity index (χ2n) is 5.24. The van der Waals surface area contributed by atoms with Crippen molar-refractivity contribution in [3.8, 4) is 11.5 Å². The van der Waals surface area contributed by atoms with Crippen molar-refractivity contribution in [1.82, 2.24) is 10.9 Å². The highest BCUT2D eigenvalue weighted by atomic mass is 35.5. The van der Waals surface area contributed by atoms with Crippen molar-refractivity contribution in [3.05, 3.63) is 58.1 Å². The molecule has 0 heterocycles. The molecule has 0 saturated heterocycles. The van der Waals surface area contributed by atoms with E-state index >= 15 is 0 Å². The number of hydrazine groups is 1. The summed E-state index contributed by atoms with van der Waals surface area (Å²) in [5, 5.41) is 0.745. The first-order valence-corrected chi connectivity index (χ1v) is 8.61. The van der Waals surface area contributed by atoms with Gasteiger partial charge in [-0.3, -0.25) is 20.4 Å². The summed E-state index contributed by atoms with van der Waals surface area (Å²) >= 11 is 11.8. The Kier molecular flexibility index (Phi) is 7.12. The van der Waals surface area contributed by atoms with Gasteiger partial charge in [-0.05, 0) is 50.2 Å². The van der Waals surface area contributed by atoms with Crippen LogP contribution in [0.4, 0.5) is 0 Å². The molecule has 2 N–H and O–H groups in total. The number of carbonyl (C=O) groups excluding carboxylic acids is 2. The van der Waals surface area contributed by atoms with E-state index in [4.69, 9.17) is 32.7 Å². The van der Waals surface area contributed by atoms with E-state index in [2.05, 4.69) is 10.9 Å². The zero-order chi connectivity index (χ0) is 19.1. The first-order chi connectivity index (χ1) is 12.4. The fraction of sp³-hybridized carbons (Fsp3) is 0.222. The lowest BCUT2D eigenvalue weighted by Gasteiger charge is -2.16. The maximum absolute atomic E-state index is 12.1. The van der Waals surface area contributed by atoms with Crippen LogP contribution in [0.15, 0.2) is 42.5 Å². The highest BCUT2D eigenvalue weighted by Crippen LogP contribution is 2.28. The quantitative estimate of drug-likeness (QED) is 0.730. The number of ether oxygens (including phenoxy) is 2. The molecular formula is C18H18Cl2N2O4. The first kappa shape index (κ1) is 19.9. The Morgan fingerprint density at radius 1 is 1.12 bits per heavy atom. The second-order valence-corrected chi connectivity index (χ2v) is 6.08. The van der Waals surface area contributed by atoms with Crippen LogP contribution in [-0.2, 0) is 4.79 Å². The van der Waals surface area contributed by atoms with Gasteiger partial charge >= 0.3 is 0 Å². The van der Waals surface area contributed by atoms with Gasteiger partial charge in [0.05, 0.1) is 11.6 Å². The number of hydrogen-bond acceptors (Lipinski definition) is 4. The number of rotatable bonds is 6. The number of amides is 2. The van der Waals surface area contributed by atoms with E-state index in [0.29, 0.717) is 28.7 Å². The summed E-state index contributed by atoms with van der Waals surface area (Å²) < 4.78 is 10.8. The Balaban J connectivity index is 1.90. The van der Waals surface area contributed by atoms with Gasteiger partial charge in [0.1, 0.15) is 11.5 Å². The molecule has 8 heteroatoms. The topological polar surface area (TPSA) is 76.7 Å². The van der Waals surface area contributed by atoms with Crippen LogP contribution >= 0.6 is 23.2 Å². The number of carbonyl (C=O) groups is 2. The molecule has 0 aliphatic rings. The molecule has 2 aromatic carbocycles. The van der Waals surface area contributed by atoms with E-state index in [0.717, 1.165) is 0 Å². The minimum Gasteiger partial charge on any atom is -0.494 e. The van der Waals surface area contributed by atoms with Crippen LogP contribution in [0.5, 0.6) is 11.5 Å². The van der Waals surface area contributed by atoms with Crippen molar-refractivity contribution in [2.24, 2.45) is 0 Å². The smallest absolute Gasteiger partial charge is 0.279 e. The van der Waals surface area contributed by atoms with Gasteiger partial charge in [0.25, 0.3) is 11.8 Å². The Bertz CT molecular complexity index is 799. The molecule has 2 aromatic rings. The minimum atomic E-state index is -0.885. The van der Waals surface area contributed by atoms with Crippen molar-refractivity contribution >= 4 is 35.0 Å². The maximum Gasteiger partial charge on any atom is 0.279 e. The van der Waals surface area contributed by atoms with E-state index in [1.54, 1.807) is 36.4 Å². The molecular weight excluding hydrogens is 379 g/mol. The zero-order valence-corrected chi connectivity index (χ0v) is 15.7. The lowest BCUT2D eigenvalue weighted by atomic mass is 10.2. The summed E-state index contributed by atoms with van der Waals surface area (Å²) in [6, 6.07) is 11.3. The number of halogens is 2. The van der Waals surface area contributed by atoms with Gasteiger partial charge in [0.15, 0.2) is 6.10 Å². The van der Waals surface area contributed by atoms with Crippen molar-refractivity contribution in [3.63, 3.8) is 0 Å². The third kappa shape index (κ3) is 5.54. The molecule has 0 saturated carbocycles. The van der Waals surface area contributed by atoms with Gasteiger partial charge in [-0.2, -0.15) is 0 Å². The molecule has 1 unspecified atom stereocenters. The maximum atomic E-state index is 12.1. The van der Waals surface area contributed by atoms with Crippen LogP contribution in [0, 0.1) is 0 Å². The second kappa shape index (κ2) is 9.31. The van der Waals surface area contributed by atoms with Gasteiger partial charge in [-0.25, -0.2) is 0 Å². The van der Waals surface area contributed by atoms with E-state index in [-0.39, 0.29) is 5.02 Å². The van der Waals surface area contributed by atoms with Crippen LogP contribution in [0.1, 0.15) is 24.2 Å². The van der Waals surface area contributed by atoms with Crippen molar-refractivity contribution < 1.29 is 19.1 Å². The zero-order valence-electron chi connectivity index (χ0n) is 14.2. The van der Waals surface area contributed by atoms with Crippen molar-refractivity contribution in [1.29, 1.82) is 0 Å². The van der Waals surface area contributed by atoms with Crippen molar-refractivity contribution in [2.75, 3.05) is 6.61 Å². The molecule has 0 aliphatic heterocycles. The molecule has 6 nitrogen and oxygen atoms in total. The molecule has 2 amide bonds. The summed E-state index contributed by atoms with van der Waals surface area (Å²) in [7, 11) is 0. The Hall–Kier alpha value is -2.44. The number of hydrogen-bond donors (Lipinski definition) is 2. The highest BCUT2D eigenvalue weighted by molar-refractivity contribution is 6.35. The molecule has 1 atom stereocenters. The summed E-state index contributed by atoms with van der Waals surface area (Å²) in [5.74, 6) is -0.128. The summed E-state index contributed by atoms with van der Waals surface area (Å²) in [6.45, 7) is 3.87. The number of benzene rings is 2. The van der Waals surface area contributed by atoms with Gasteiger partial charge in [0.2, 0.25) is 0 Å². The van der Waals surface area contributed by atoms with Crippen LogP contribution in [0.3, 0.4) is 0 Å². The molecule has 2 rings (SSSR count). The van der Waals surface area contributed by atoms with E-state index in [1.165, 1.54) is 13.0 Å². The summed E-state index contributed by atoms with van der Waals surface area (Å²) in [6.07, 6.45) is -0.885. The third-order valence-electron chi connectivity index (χ3n) is 3.27. The van der Waals surface area contributed by atoms with Crippen LogP contribution in [-0.4, -0.2) is 24.5 Å². The summed E-state index contributed by atoms with van der Waals surface area (Å²) in [5.41, 5.74) is 4.99. The molecule has 0 aromatic heterocycles. The highest BCUT2D eigenvalue weighted by Gasteiger charge is 2.17. The van der Waals surface area contributed by atoms with Crippen LogP contribution in [0.2, 0.25) is 10.0 Å². The van der Waals surface area contributed by atoms with E-state index < -0.39 is 17.9 Å². The molecule has 138 valence electrons. The monoisotopic (exact) mass is 396 g/mol. The van der Waals surface area contributed by atoms with Gasteiger partial charge in [-0.15, -0.1) is 0 Å². The third-order valence-corrected chi connectivity index (χ3v) is 3.80. The van der Waals surface area contributed by atoms with E-state index in [9.17, 15) is 9.59 Å². The van der Waals surface area contributed by atoms with Crippen molar-refractivity contribution in [2.45, 2.75) is 20.0 Å². The fourth-order valence-corrected chi connectivity index (χ4v) is 2.45.